The second-order valence-corrected chi connectivity index (χ2v) is 12.6. The first kappa shape index (κ1) is 39.9. The zero-order chi connectivity index (χ0) is 38.0. The van der Waals surface area contributed by atoms with E-state index < -0.39 is 53.4 Å². The molecule has 4 rings (SSSR count). The van der Waals surface area contributed by atoms with Gasteiger partial charge in [0.25, 0.3) is 5.56 Å². The minimum absolute atomic E-state index is 0.0203. The number of alkyl halides is 3. The Kier molecular flexibility index (Phi) is 13.9. The summed E-state index contributed by atoms with van der Waals surface area (Å²) < 4.78 is 61.5. The van der Waals surface area contributed by atoms with Crippen LogP contribution in [0, 0.1) is 5.82 Å². The quantitative estimate of drug-likeness (QED) is 0.137. The first-order chi connectivity index (χ1) is 24.7. The van der Waals surface area contributed by atoms with E-state index in [0.717, 1.165) is 6.07 Å². The molecule has 0 bridgehead atoms. The number of halogens is 4. The van der Waals surface area contributed by atoms with E-state index in [1.807, 2.05) is 11.8 Å². The normalized spacial score (nSPS) is 12.9. The summed E-state index contributed by atoms with van der Waals surface area (Å²) in [6.07, 6.45) is -4.37. The fraction of sp³-hybridized carbons (Fsp3) is 0.405. The first-order valence-electron chi connectivity index (χ1n) is 17.0. The molecule has 2 amide bonds. The molecular formula is C37H45F4N7O4. The standard InChI is InChI=1S/C37H45F4N7O4/c1-4-52-26-14-12-25(13-15-26)48-34(45-31-10-6-5-8-27(31)36(48)51)32(17-19-44-35(50)30(43)9-7-18-42)47(21-20-46(2)3)33(49)23-24-11-16-28(29(38)22-24)37(39,40)41/h5-6,8,10-16,22,30,32H,4,7,9,17-21,23,42-43H2,1-3H3,(H,44,50)/t30-,32?/m0/s1. The van der Waals surface area contributed by atoms with Gasteiger partial charge < -0.3 is 31.3 Å². The lowest BCUT2D eigenvalue weighted by Gasteiger charge is -2.34. The maximum absolute atomic E-state index is 14.6. The molecule has 0 saturated carbocycles. The lowest BCUT2D eigenvalue weighted by molar-refractivity contribution is -0.140. The SMILES string of the molecule is CCOc1ccc(-n2c(C(CCNC(=O)[C@@H](N)CCCN)N(CCN(C)C)C(=O)Cc3ccc(C(F)(F)F)c(F)c3)nc3ccccc3c2=O)cc1. The molecule has 0 aliphatic heterocycles. The number of carbonyl (C=O) groups is 2. The summed E-state index contributed by atoms with van der Waals surface area (Å²) in [6, 6.07) is 14.2. The summed E-state index contributed by atoms with van der Waals surface area (Å²) in [5.41, 5.74) is 10.6. The van der Waals surface area contributed by atoms with Crippen molar-refractivity contribution in [3.63, 3.8) is 0 Å². The topological polar surface area (TPSA) is 149 Å². The Hall–Kier alpha value is -4.86. The Morgan fingerprint density at radius 1 is 1.02 bits per heavy atom. The highest BCUT2D eigenvalue weighted by Crippen LogP contribution is 2.32. The van der Waals surface area contributed by atoms with Crippen LogP contribution < -0.4 is 27.1 Å². The van der Waals surface area contributed by atoms with Gasteiger partial charge in [-0.3, -0.25) is 19.0 Å². The molecule has 0 saturated heterocycles. The van der Waals surface area contributed by atoms with Crippen molar-refractivity contribution < 1.29 is 31.9 Å². The molecule has 280 valence electrons. The molecular weight excluding hydrogens is 682 g/mol. The molecule has 3 aromatic carbocycles. The van der Waals surface area contributed by atoms with Crippen molar-refractivity contribution in [1.82, 2.24) is 24.7 Å². The number of aromatic nitrogens is 2. The van der Waals surface area contributed by atoms with E-state index in [4.69, 9.17) is 21.2 Å². The molecule has 0 spiro atoms. The monoisotopic (exact) mass is 727 g/mol. The van der Waals surface area contributed by atoms with Gasteiger partial charge in [0, 0.05) is 19.6 Å². The number of ether oxygens (including phenoxy) is 1. The fourth-order valence-corrected chi connectivity index (χ4v) is 5.77. The molecule has 0 aliphatic carbocycles. The average molecular weight is 728 g/mol. The van der Waals surface area contributed by atoms with Crippen LogP contribution in [0.1, 0.15) is 49.2 Å². The molecule has 11 nitrogen and oxygen atoms in total. The van der Waals surface area contributed by atoms with Crippen LogP contribution in [0.3, 0.4) is 0 Å². The molecule has 0 fully saturated rings. The molecule has 15 heteroatoms. The summed E-state index contributed by atoms with van der Waals surface area (Å²) in [7, 11) is 3.60. The van der Waals surface area contributed by atoms with Crippen molar-refractivity contribution in [3.05, 3.63) is 99.9 Å². The smallest absolute Gasteiger partial charge is 0.419 e. The van der Waals surface area contributed by atoms with E-state index in [2.05, 4.69) is 5.32 Å². The van der Waals surface area contributed by atoms with E-state index in [1.165, 1.54) is 9.47 Å². The zero-order valence-corrected chi connectivity index (χ0v) is 29.5. The number of fused-ring (bicyclic) bond motifs is 1. The third kappa shape index (κ3) is 10.1. The van der Waals surface area contributed by atoms with Gasteiger partial charge in [-0.25, -0.2) is 9.37 Å². The van der Waals surface area contributed by atoms with Crippen LogP contribution in [0.15, 0.2) is 71.5 Å². The van der Waals surface area contributed by atoms with Gasteiger partial charge in [-0.2, -0.15) is 13.2 Å². The average Bonchev–Trinajstić information content (AvgIpc) is 3.09. The largest absolute Gasteiger partial charge is 0.494 e. The molecule has 0 aliphatic rings. The van der Waals surface area contributed by atoms with Crippen molar-refractivity contribution in [2.45, 2.75) is 50.9 Å². The molecule has 1 heterocycles. The van der Waals surface area contributed by atoms with Crippen molar-refractivity contribution in [2.75, 3.05) is 46.9 Å². The van der Waals surface area contributed by atoms with Gasteiger partial charge in [0.05, 0.1) is 47.3 Å². The number of nitrogens with two attached hydrogens (primary N) is 2. The second-order valence-electron chi connectivity index (χ2n) is 12.6. The van der Waals surface area contributed by atoms with Crippen molar-refractivity contribution in [3.8, 4) is 11.4 Å². The van der Waals surface area contributed by atoms with Crippen LogP contribution in [0.25, 0.3) is 16.6 Å². The molecule has 4 aromatic rings. The predicted octanol–water partition coefficient (Wildman–Crippen LogP) is 4.19. The Morgan fingerprint density at radius 3 is 2.37 bits per heavy atom. The summed E-state index contributed by atoms with van der Waals surface area (Å²) >= 11 is 0. The summed E-state index contributed by atoms with van der Waals surface area (Å²) in [6.45, 7) is 3.10. The molecule has 1 aromatic heterocycles. The lowest BCUT2D eigenvalue weighted by atomic mass is 10.0. The van der Waals surface area contributed by atoms with E-state index in [-0.39, 0.29) is 30.9 Å². The van der Waals surface area contributed by atoms with Crippen LogP contribution in [-0.4, -0.2) is 84.1 Å². The van der Waals surface area contributed by atoms with Crippen LogP contribution in [-0.2, 0) is 22.2 Å². The highest BCUT2D eigenvalue weighted by atomic mass is 19.4. The van der Waals surface area contributed by atoms with E-state index in [0.29, 0.717) is 67.0 Å². The highest BCUT2D eigenvalue weighted by molar-refractivity contribution is 5.82. The Labute approximate surface area is 299 Å². The van der Waals surface area contributed by atoms with Crippen LogP contribution in [0.4, 0.5) is 17.6 Å². The van der Waals surface area contributed by atoms with Crippen molar-refractivity contribution in [1.29, 1.82) is 0 Å². The van der Waals surface area contributed by atoms with Gasteiger partial charge in [-0.15, -0.1) is 0 Å². The third-order valence-electron chi connectivity index (χ3n) is 8.46. The van der Waals surface area contributed by atoms with Crippen LogP contribution in [0.5, 0.6) is 5.75 Å². The minimum Gasteiger partial charge on any atom is -0.494 e. The molecule has 0 radical (unpaired) electrons. The van der Waals surface area contributed by atoms with Crippen molar-refractivity contribution in [2.24, 2.45) is 11.5 Å². The van der Waals surface area contributed by atoms with Gasteiger partial charge in [0.1, 0.15) is 17.4 Å². The van der Waals surface area contributed by atoms with Gasteiger partial charge in [-0.1, -0.05) is 18.2 Å². The third-order valence-corrected chi connectivity index (χ3v) is 8.46. The number of nitrogens with one attached hydrogen (secondary N) is 1. The number of nitrogens with zero attached hydrogens (tertiary/aromatic N) is 4. The number of rotatable bonds is 17. The minimum atomic E-state index is -4.90. The Morgan fingerprint density at radius 2 is 1.73 bits per heavy atom. The predicted molar refractivity (Wildman–Crippen MR) is 191 cm³/mol. The number of hydrogen-bond acceptors (Lipinski definition) is 8. The van der Waals surface area contributed by atoms with Gasteiger partial charge in [0.15, 0.2) is 0 Å². The van der Waals surface area contributed by atoms with Crippen LogP contribution >= 0.6 is 0 Å². The van der Waals surface area contributed by atoms with Gasteiger partial charge in [-0.05, 0) is 101 Å². The van der Waals surface area contributed by atoms with Gasteiger partial charge in [0.2, 0.25) is 11.8 Å². The maximum Gasteiger partial charge on any atom is 0.419 e. The number of hydrogen-bond donors (Lipinski definition) is 3. The van der Waals surface area contributed by atoms with E-state index in [1.54, 1.807) is 62.6 Å². The lowest BCUT2D eigenvalue weighted by Crippen LogP contribution is -2.45. The molecule has 52 heavy (non-hydrogen) atoms. The maximum atomic E-state index is 14.6. The summed E-state index contributed by atoms with van der Waals surface area (Å²) in [5.74, 6) is -1.72. The van der Waals surface area contributed by atoms with E-state index >= 15 is 0 Å². The Bertz CT molecular complexity index is 1880. The number of benzene rings is 3. The molecule has 2 atom stereocenters. The summed E-state index contributed by atoms with van der Waals surface area (Å²) in [5, 5.41) is 3.14. The second kappa shape index (κ2) is 18.1. The number of carbonyl (C=O) groups excluding carboxylic acids is 2. The molecule has 5 N–H and O–H groups in total. The van der Waals surface area contributed by atoms with Gasteiger partial charge >= 0.3 is 6.18 Å². The highest BCUT2D eigenvalue weighted by Gasteiger charge is 2.35. The van der Waals surface area contributed by atoms with E-state index in [9.17, 15) is 31.9 Å². The molecule has 1 unspecified atom stereocenters. The number of para-hydroxylation sites is 1. The number of amides is 2. The Balaban J connectivity index is 1.86. The zero-order valence-electron chi connectivity index (χ0n) is 29.5. The number of likely N-dealkylation sites (N-methyl/N-ethyl adjacent to an activating group) is 1. The fourth-order valence-electron chi connectivity index (χ4n) is 5.77. The van der Waals surface area contributed by atoms with Crippen LogP contribution in [0.2, 0.25) is 0 Å². The van der Waals surface area contributed by atoms with Crippen molar-refractivity contribution >= 4 is 22.7 Å². The summed E-state index contributed by atoms with van der Waals surface area (Å²) in [4.78, 5) is 49.7. The first-order valence-corrected chi connectivity index (χ1v) is 17.0.